The Balaban J connectivity index is 3.15. The first-order valence-electron chi connectivity index (χ1n) is 4.49. The predicted octanol–water partition coefficient (Wildman–Crippen LogP) is 3.32. The molecule has 0 rings (SSSR count). The maximum atomic E-state index is 10.2. The molecule has 0 N–H and O–H groups in total. The molecule has 0 heterocycles. The van der Waals surface area contributed by atoms with Gasteiger partial charge in [-0.3, -0.25) is 4.79 Å². The summed E-state index contributed by atoms with van der Waals surface area (Å²) < 4.78 is 0. The minimum atomic E-state index is 0.767. The number of hydrogen-bond donors (Lipinski definition) is 0. The van der Waals surface area contributed by atoms with E-state index in [0.29, 0.717) is 0 Å². The van der Waals surface area contributed by atoms with Gasteiger partial charge in [-0.25, -0.2) is 0 Å². The van der Waals surface area contributed by atoms with Crippen LogP contribution in [0.25, 0.3) is 0 Å². The molecule has 0 aromatic heterocycles. The van der Waals surface area contributed by atoms with E-state index in [0.717, 1.165) is 30.6 Å². The highest BCUT2D eigenvalue weighted by Gasteiger charge is 1.88. The van der Waals surface area contributed by atoms with E-state index in [1.54, 1.807) is 0 Å². The molecule has 0 atom stereocenters. The van der Waals surface area contributed by atoms with Gasteiger partial charge in [-0.2, -0.15) is 0 Å². The summed E-state index contributed by atoms with van der Waals surface area (Å²) in [7, 11) is 0. The minimum absolute atomic E-state index is 0.767. The molecule has 0 aromatic rings. The molecular formula is C10H17ClO. The van der Waals surface area contributed by atoms with Gasteiger partial charge >= 0.3 is 0 Å². The van der Waals surface area contributed by atoms with Crippen molar-refractivity contribution in [2.24, 2.45) is 0 Å². The van der Waals surface area contributed by atoms with Gasteiger partial charge in [0.05, 0.1) is 0 Å². The lowest BCUT2D eigenvalue weighted by atomic mass is 10.1. The van der Waals surface area contributed by atoms with E-state index < -0.39 is 0 Å². The predicted molar refractivity (Wildman–Crippen MR) is 53.6 cm³/mol. The van der Waals surface area contributed by atoms with Crippen LogP contribution in [0.3, 0.4) is 0 Å². The van der Waals surface area contributed by atoms with E-state index in [1.165, 1.54) is 19.3 Å². The average molecular weight is 189 g/mol. The lowest BCUT2D eigenvalue weighted by Gasteiger charge is -1.95. The van der Waals surface area contributed by atoms with Gasteiger partial charge in [-0.15, -0.1) is 11.6 Å². The fraction of sp³-hybridized carbons (Fsp3) is 0.700. The monoisotopic (exact) mass is 188 g/mol. The van der Waals surface area contributed by atoms with Crippen LogP contribution in [0.4, 0.5) is 0 Å². The topological polar surface area (TPSA) is 17.1 Å². The highest BCUT2D eigenvalue weighted by Crippen LogP contribution is 2.05. The van der Waals surface area contributed by atoms with Crippen LogP contribution < -0.4 is 0 Å². The van der Waals surface area contributed by atoms with Crippen molar-refractivity contribution in [2.45, 2.75) is 39.0 Å². The van der Waals surface area contributed by atoms with Gasteiger partial charge < -0.3 is 0 Å². The van der Waals surface area contributed by atoms with Gasteiger partial charge in [0.15, 0.2) is 0 Å². The van der Waals surface area contributed by atoms with Gasteiger partial charge in [-0.1, -0.05) is 18.9 Å². The van der Waals surface area contributed by atoms with Crippen LogP contribution in [0.2, 0.25) is 0 Å². The highest BCUT2D eigenvalue weighted by atomic mass is 35.5. The first-order chi connectivity index (χ1) is 5.81. The van der Waals surface area contributed by atoms with Crippen LogP contribution in [0, 0.1) is 0 Å². The summed E-state index contributed by atoms with van der Waals surface area (Å²) in [5.74, 6) is 0.767. The summed E-state index contributed by atoms with van der Waals surface area (Å²) in [6.45, 7) is 1.84. The van der Waals surface area contributed by atoms with Crippen molar-refractivity contribution in [1.29, 1.82) is 0 Å². The molecular weight excluding hydrogens is 172 g/mol. The van der Waals surface area contributed by atoms with Crippen LogP contribution in [0.15, 0.2) is 11.6 Å². The molecule has 12 heavy (non-hydrogen) atoms. The van der Waals surface area contributed by atoms with E-state index in [2.05, 4.69) is 0 Å². The molecule has 0 saturated heterocycles. The second-order valence-electron chi connectivity index (χ2n) is 2.96. The van der Waals surface area contributed by atoms with Crippen molar-refractivity contribution >= 4 is 17.9 Å². The van der Waals surface area contributed by atoms with Crippen LogP contribution in [-0.2, 0) is 4.79 Å². The summed E-state index contributed by atoms with van der Waals surface area (Å²) >= 11 is 5.53. The molecule has 0 aliphatic heterocycles. The molecule has 0 radical (unpaired) electrons. The molecule has 0 amide bonds. The second kappa shape index (κ2) is 8.79. The van der Waals surface area contributed by atoms with Crippen molar-refractivity contribution in [1.82, 2.24) is 0 Å². The lowest BCUT2D eigenvalue weighted by Crippen LogP contribution is -1.80. The molecule has 70 valence electrons. The Labute approximate surface area is 79.8 Å². The molecule has 0 aliphatic rings. The molecule has 0 aromatic carbocycles. The Hall–Kier alpha value is -0.300. The van der Waals surface area contributed by atoms with Crippen molar-refractivity contribution in [3.05, 3.63) is 11.6 Å². The molecule has 1 nitrogen and oxygen atoms in total. The molecule has 0 aliphatic carbocycles. The molecule has 0 bridgehead atoms. The van der Waals surface area contributed by atoms with Crippen LogP contribution in [0.5, 0.6) is 0 Å². The van der Waals surface area contributed by atoms with Crippen LogP contribution in [-0.4, -0.2) is 12.2 Å². The number of carbonyl (C=O) groups is 1. The Bertz CT molecular complexity index is 141. The molecule has 0 fully saturated rings. The van der Waals surface area contributed by atoms with E-state index in [1.807, 2.05) is 13.0 Å². The maximum Gasteiger partial charge on any atom is 0.145 e. The minimum Gasteiger partial charge on any atom is -0.298 e. The zero-order valence-electron chi connectivity index (χ0n) is 7.68. The highest BCUT2D eigenvalue weighted by molar-refractivity contribution is 6.17. The summed E-state index contributed by atoms with van der Waals surface area (Å²) in [6, 6.07) is 0. The fourth-order valence-electron chi connectivity index (χ4n) is 0.970. The first kappa shape index (κ1) is 11.7. The zero-order chi connectivity index (χ0) is 9.23. The Morgan fingerprint density at radius 1 is 1.25 bits per heavy atom. The normalized spacial score (nSPS) is 11.7. The molecule has 0 spiro atoms. The van der Waals surface area contributed by atoms with Gasteiger partial charge in [0.1, 0.15) is 6.29 Å². The fourth-order valence-corrected chi connectivity index (χ4v) is 1.16. The van der Waals surface area contributed by atoms with E-state index >= 15 is 0 Å². The summed E-state index contributed by atoms with van der Waals surface area (Å²) in [4.78, 5) is 10.2. The quantitative estimate of drug-likeness (QED) is 0.259. The maximum absolute atomic E-state index is 10.2. The number of carbonyl (C=O) groups excluding carboxylic acids is 1. The number of alkyl halides is 1. The molecule has 0 saturated carbocycles. The van der Waals surface area contributed by atoms with E-state index in [9.17, 15) is 4.79 Å². The number of unbranched alkanes of at least 4 members (excludes halogenated alkanes) is 4. The SMILES string of the molecule is C/C(C=O)=C/CCCCCCCl. The van der Waals surface area contributed by atoms with E-state index in [4.69, 9.17) is 11.6 Å². The number of rotatable bonds is 7. The Morgan fingerprint density at radius 3 is 2.50 bits per heavy atom. The number of allylic oxidation sites excluding steroid dienone is 2. The summed E-state index contributed by atoms with van der Waals surface area (Å²) in [5, 5.41) is 0. The van der Waals surface area contributed by atoms with Gasteiger partial charge in [0.2, 0.25) is 0 Å². The Kier molecular flexibility index (Phi) is 8.57. The molecule has 2 heteroatoms. The lowest BCUT2D eigenvalue weighted by molar-refractivity contribution is -0.104. The largest absolute Gasteiger partial charge is 0.298 e. The van der Waals surface area contributed by atoms with Crippen LogP contribution >= 0.6 is 11.6 Å². The number of hydrogen-bond acceptors (Lipinski definition) is 1. The van der Waals surface area contributed by atoms with Crippen molar-refractivity contribution in [2.75, 3.05) is 5.88 Å². The average Bonchev–Trinajstić information content (AvgIpc) is 2.10. The summed E-state index contributed by atoms with van der Waals surface area (Å²) in [6.07, 6.45) is 8.62. The van der Waals surface area contributed by atoms with Crippen molar-refractivity contribution in [3.8, 4) is 0 Å². The van der Waals surface area contributed by atoms with E-state index in [-0.39, 0.29) is 0 Å². The second-order valence-corrected chi connectivity index (χ2v) is 3.34. The third-order valence-electron chi connectivity index (χ3n) is 1.74. The summed E-state index contributed by atoms with van der Waals surface area (Å²) in [5.41, 5.74) is 0.840. The van der Waals surface area contributed by atoms with Crippen LogP contribution in [0.1, 0.15) is 39.0 Å². The third-order valence-corrected chi connectivity index (χ3v) is 2.01. The Morgan fingerprint density at radius 2 is 1.92 bits per heavy atom. The standard InChI is InChI=1S/C10H17ClO/c1-10(9-12)7-5-3-2-4-6-8-11/h7,9H,2-6,8H2,1H3/b10-7-. The first-order valence-corrected chi connectivity index (χ1v) is 5.02. The van der Waals surface area contributed by atoms with Crippen molar-refractivity contribution in [3.63, 3.8) is 0 Å². The third kappa shape index (κ3) is 7.80. The van der Waals surface area contributed by atoms with Gasteiger partial charge in [0, 0.05) is 5.88 Å². The van der Waals surface area contributed by atoms with Gasteiger partial charge in [0.25, 0.3) is 0 Å². The zero-order valence-corrected chi connectivity index (χ0v) is 8.44. The number of halogens is 1. The smallest absolute Gasteiger partial charge is 0.145 e. The van der Waals surface area contributed by atoms with Crippen molar-refractivity contribution < 1.29 is 4.79 Å². The molecule has 0 unspecified atom stereocenters. The van der Waals surface area contributed by atoms with Gasteiger partial charge in [-0.05, 0) is 31.8 Å². The number of aldehydes is 1.